The third-order valence-corrected chi connectivity index (χ3v) is 4.77. The molecule has 0 aliphatic carbocycles. The second kappa shape index (κ2) is 7.24. The Kier molecular flexibility index (Phi) is 5.58. The van der Waals surface area contributed by atoms with Crippen LogP contribution >= 0.6 is 0 Å². The molecule has 0 radical (unpaired) electrons. The van der Waals surface area contributed by atoms with Gasteiger partial charge in [-0.25, -0.2) is 13.1 Å². The van der Waals surface area contributed by atoms with E-state index in [2.05, 4.69) is 4.72 Å². The van der Waals surface area contributed by atoms with Crippen LogP contribution in [-0.2, 0) is 14.8 Å². The van der Waals surface area contributed by atoms with Gasteiger partial charge in [-0.1, -0.05) is 37.3 Å². The number of carbonyl (C=O) groups excluding carboxylic acids is 1. The molecule has 0 aromatic heterocycles. The van der Waals surface area contributed by atoms with E-state index in [9.17, 15) is 13.2 Å². The number of benzene rings is 1. The van der Waals surface area contributed by atoms with Crippen LogP contribution in [0.1, 0.15) is 37.7 Å². The van der Waals surface area contributed by atoms with Gasteiger partial charge in [-0.2, -0.15) is 0 Å². The maximum absolute atomic E-state index is 12.4. The molecule has 1 fully saturated rings. The summed E-state index contributed by atoms with van der Waals surface area (Å²) in [4.78, 5) is 14.2. The summed E-state index contributed by atoms with van der Waals surface area (Å²) >= 11 is 0. The monoisotopic (exact) mass is 324 g/mol. The first-order valence-corrected chi connectivity index (χ1v) is 9.54. The summed E-state index contributed by atoms with van der Waals surface area (Å²) in [7, 11) is -3.23. The number of rotatable bonds is 5. The molecule has 2 rings (SSSR count). The highest BCUT2D eigenvalue weighted by Crippen LogP contribution is 2.21. The molecule has 0 spiro atoms. The lowest BCUT2D eigenvalue weighted by Crippen LogP contribution is -2.49. The van der Waals surface area contributed by atoms with E-state index in [1.54, 1.807) is 4.90 Å². The van der Waals surface area contributed by atoms with Crippen molar-refractivity contribution in [3.63, 3.8) is 0 Å². The molecule has 1 aromatic rings. The molecular formula is C16H24N2O3S. The molecule has 2 atom stereocenters. The lowest BCUT2D eigenvalue weighted by Gasteiger charge is -2.33. The molecule has 5 nitrogen and oxygen atoms in total. The average Bonchev–Trinajstić information content (AvgIpc) is 2.46. The number of likely N-dealkylation sites (tertiary alicyclic amines) is 1. The second-order valence-corrected chi connectivity index (χ2v) is 7.86. The van der Waals surface area contributed by atoms with Gasteiger partial charge >= 0.3 is 0 Å². The van der Waals surface area contributed by atoms with Crippen LogP contribution in [0, 0.1) is 0 Å². The first kappa shape index (κ1) is 17.0. The first-order chi connectivity index (χ1) is 10.3. The number of hydrogen-bond donors (Lipinski definition) is 1. The normalized spacial score (nSPS) is 20.6. The molecule has 1 aliphatic heterocycles. The smallest absolute Gasteiger partial charge is 0.223 e. The van der Waals surface area contributed by atoms with Crippen molar-refractivity contribution in [3.8, 4) is 0 Å². The van der Waals surface area contributed by atoms with Crippen molar-refractivity contribution < 1.29 is 13.2 Å². The van der Waals surface area contributed by atoms with E-state index < -0.39 is 10.0 Å². The minimum atomic E-state index is -3.23. The second-order valence-electron chi connectivity index (χ2n) is 6.08. The maximum atomic E-state index is 12.4. The van der Waals surface area contributed by atoms with E-state index in [0.29, 0.717) is 19.5 Å². The van der Waals surface area contributed by atoms with Gasteiger partial charge in [-0.05, 0) is 24.3 Å². The van der Waals surface area contributed by atoms with Crippen molar-refractivity contribution in [2.75, 3.05) is 19.3 Å². The predicted molar refractivity (Wildman–Crippen MR) is 87.1 cm³/mol. The van der Waals surface area contributed by atoms with Gasteiger partial charge in [-0.15, -0.1) is 0 Å². The van der Waals surface area contributed by atoms with E-state index in [1.807, 2.05) is 37.3 Å². The van der Waals surface area contributed by atoms with Crippen LogP contribution in [0.15, 0.2) is 30.3 Å². The summed E-state index contributed by atoms with van der Waals surface area (Å²) in [6.07, 6.45) is 3.23. The van der Waals surface area contributed by atoms with Crippen LogP contribution in [0.5, 0.6) is 0 Å². The molecule has 122 valence electrons. The summed E-state index contributed by atoms with van der Waals surface area (Å²) in [5.41, 5.74) is 1.15. The number of hydrogen-bond acceptors (Lipinski definition) is 3. The van der Waals surface area contributed by atoms with Gasteiger partial charge in [0.25, 0.3) is 0 Å². The molecule has 22 heavy (non-hydrogen) atoms. The topological polar surface area (TPSA) is 66.5 Å². The Bertz CT molecular complexity index is 601. The molecule has 1 amide bonds. The van der Waals surface area contributed by atoms with Crippen LogP contribution < -0.4 is 4.72 Å². The highest BCUT2D eigenvalue weighted by atomic mass is 32.2. The molecule has 6 heteroatoms. The van der Waals surface area contributed by atoms with Crippen LogP contribution in [0.2, 0.25) is 0 Å². The summed E-state index contributed by atoms with van der Waals surface area (Å²) in [6, 6.07) is 9.81. The fraction of sp³-hybridized carbons (Fsp3) is 0.562. The summed E-state index contributed by atoms with van der Waals surface area (Å²) in [5.74, 6) is 0.258. The number of carbonyl (C=O) groups is 1. The Morgan fingerprint density at radius 2 is 2.05 bits per heavy atom. The van der Waals surface area contributed by atoms with Gasteiger partial charge in [0.05, 0.1) is 6.26 Å². The molecule has 0 unspecified atom stereocenters. The number of nitrogens with one attached hydrogen (secondary N) is 1. The quantitative estimate of drug-likeness (QED) is 0.897. The summed E-state index contributed by atoms with van der Waals surface area (Å²) < 4.78 is 25.3. The third-order valence-electron chi connectivity index (χ3n) is 4.00. The van der Waals surface area contributed by atoms with Gasteiger partial charge in [0.15, 0.2) is 0 Å². The van der Waals surface area contributed by atoms with Crippen LogP contribution in [0.25, 0.3) is 0 Å². The van der Waals surface area contributed by atoms with Crippen molar-refractivity contribution in [1.82, 2.24) is 9.62 Å². The molecular weight excluding hydrogens is 300 g/mol. The molecule has 1 heterocycles. The Labute approximate surface area is 132 Å². The third kappa shape index (κ3) is 5.10. The minimum absolute atomic E-state index is 0.0938. The Morgan fingerprint density at radius 3 is 2.68 bits per heavy atom. The number of sulfonamides is 1. The van der Waals surface area contributed by atoms with E-state index in [-0.39, 0.29) is 17.9 Å². The van der Waals surface area contributed by atoms with Crippen molar-refractivity contribution in [1.29, 1.82) is 0 Å². The van der Waals surface area contributed by atoms with Crippen molar-refractivity contribution >= 4 is 15.9 Å². The zero-order valence-electron chi connectivity index (χ0n) is 13.2. The number of nitrogens with zero attached hydrogens (tertiary/aromatic N) is 1. The van der Waals surface area contributed by atoms with E-state index >= 15 is 0 Å². The van der Waals surface area contributed by atoms with Crippen molar-refractivity contribution in [3.05, 3.63) is 35.9 Å². The molecule has 1 aromatic carbocycles. The molecule has 1 saturated heterocycles. The zero-order chi connectivity index (χ0) is 16.2. The standard InChI is InChI=1S/C16H24N2O3S/c1-13(14-7-4-3-5-8-14)11-16(19)18-10-6-9-15(12-18)17-22(2,20)21/h3-5,7-8,13,15,17H,6,9-12H2,1-2H3/t13-,15-/m0/s1. The van der Waals surface area contributed by atoms with Gasteiger partial charge in [0.1, 0.15) is 0 Å². The minimum Gasteiger partial charge on any atom is -0.341 e. The number of amides is 1. The van der Waals surface area contributed by atoms with Gasteiger partial charge < -0.3 is 4.90 Å². The average molecular weight is 324 g/mol. The van der Waals surface area contributed by atoms with Crippen LogP contribution in [0.3, 0.4) is 0 Å². The Hall–Kier alpha value is -1.40. The molecule has 1 N–H and O–H groups in total. The molecule has 0 bridgehead atoms. The summed E-state index contributed by atoms with van der Waals surface area (Å²) in [6.45, 7) is 3.22. The Morgan fingerprint density at radius 1 is 1.36 bits per heavy atom. The number of piperidine rings is 1. The van der Waals surface area contributed by atoms with Crippen LogP contribution in [0.4, 0.5) is 0 Å². The van der Waals surface area contributed by atoms with Gasteiger partial charge in [0, 0.05) is 25.6 Å². The summed E-state index contributed by atoms with van der Waals surface area (Å²) in [5, 5.41) is 0. The Balaban J connectivity index is 1.92. The fourth-order valence-electron chi connectivity index (χ4n) is 2.89. The van der Waals surface area contributed by atoms with Crippen molar-refractivity contribution in [2.45, 2.75) is 38.1 Å². The van der Waals surface area contributed by atoms with E-state index in [1.165, 1.54) is 0 Å². The van der Waals surface area contributed by atoms with Gasteiger partial charge in [-0.3, -0.25) is 4.79 Å². The highest BCUT2D eigenvalue weighted by molar-refractivity contribution is 7.88. The van der Waals surface area contributed by atoms with E-state index in [0.717, 1.165) is 24.7 Å². The molecule has 0 saturated carbocycles. The fourth-order valence-corrected chi connectivity index (χ4v) is 3.69. The molecule has 1 aliphatic rings. The van der Waals surface area contributed by atoms with Crippen LogP contribution in [-0.4, -0.2) is 44.6 Å². The zero-order valence-corrected chi connectivity index (χ0v) is 14.0. The van der Waals surface area contributed by atoms with Gasteiger partial charge in [0.2, 0.25) is 15.9 Å². The maximum Gasteiger partial charge on any atom is 0.223 e. The lowest BCUT2D eigenvalue weighted by molar-refractivity contribution is -0.132. The predicted octanol–water partition coefficient (Wildman–Crippen LogP) is 1.72. The van der Waals surface area contributed by atoms with Crippen molar-refractivity contribution in [2.24, 2.45) is 0 Å². The van der Waals surface area contributed by atoms with E-state index in [4.69, 9.17) is 0 Å². The first-order valence-electron chi connectivity index (χ1n) is 7.65. The lowest BCUT2D eigenvalue weighted by atomic mass is 9.96. The SMILES string of the molecule is C[C@@H](CC(=O)N1CCC[C@H](NS(C)(=O)=O)C1)c1ccccc1. The largest absolute Gasteiger partial charge is 0.341 e. The highest BCUT2D eigenvalue weighted by Gasteiger charge is 2.26.